The Morgan fingerprint density at radius 1 is 1.64 bits per heavy atom. The van der Waals surface area contributed by atoms with Crippen LogP contribution in [-0.2, 0) is 0 Å². The first-order valence-electron chi connectivity index (χ1n) is 3.90. The second-order valence-corrected chi connectivity index (χ2v) is 3.07. The van der Waals surface area contributed by atoms with Gasteiger partial charge in [-0.3, -0.25) is 10.4 Å². The highest BCUT2D eigenvalue weighted by molar-refractivity contribution is 6.30. The first kappa shape index (κ1) is 10.7. The van der Waals surface area contributed by atoms with Gasteiger partial charge in [-0.2, -0.15) is 0 Å². The molecule has 0 saturated heterocycles. The van der Waals surface area contributed by atoms with Gasteiger partial charge in [0.05, 0.1) is 11.5 Å². The molecule has 0 radical (unpaired) electrons. The molecule has 0 aliphatic carbocycles. The first-order chi connectivity index (χ1) is 6.59. The van der Waals surface area contributed by atoms with Crippen molar-refractivity contribution in [2.45, 2.75) is 6.42 Å². The number of aliphatic imine (C=N–C) groups is 1. The monoisotopic (exact) mass is 213 g/mol. The lowest BCUT2D eigenvalue weighted by Crippen LogP contribution is -2.08. The van der Waals surface area contributed by atoms with Crippen molar-refractivity contribution in [3.63, 3.8) is 0 Å². The van der Waals surface area contributed by atoms with Crippen LogP contribution in [0.3, 0.4) is 0 Å². The number of rotatable bonds is 3. The van der Waals surface area contributed by atoms with Crippen molar-refractivity contribution in [2.24, 2.45) is 10.7 Å². The van der Waals surface area contributed by atoms with E-state index in [-0.39, 0.29) is 17.9 Å². The largest absolute Gasteiger partial charge is 0.387 e. The van der Waals surface area contributed by atoms with Crippen molar-refractivity contribution in [1.29, 1.82) is 5.41 Å². The highest BCUT2D eigenvalue weighted by Crippen LogP contribution is 2.20. The molecule has 0 saturated carbocycles. The maximum atomic E-state index is 13.1. The summed E-state index contributed by atoms with van der Waals surface area (Å²) in [6.45, 7) is 0. The predicted molar refractivity (Wildman–Crippen MR) is 56.1 cm³/mol. The van der Waals surface area contributed by atoms with Crippen molar-refractivity contribution in [2.75, 3.05) is 0 Å². The van der Waals surface area contributed by atoms with E-state index in [2.05, 4.69) is 4.99 Å². The van der Waals surface area contributed by atoms with Crippen LogP contribution < -0.4 is 5.73 Å². The van der Waals surface area contributed by atoms with Gasteiger partial charge in [0.1, 0.15) is 5.82 Å². The van der Waals surface area contributed by atoms with Crippen molar-refractivity contribution in [3.8, 4) is 0 Å². The fraction of sp³-hybridized carbons (Fsp3) is 0.111. The molecule has 0 aromatic heterocycles. The van der Waals surface area contributed by atoms with Gasteiger partial charge in [0.25, 0.3) is 0 Å². The molecule has 0 aliphatic rings. The second-order valence-electron chi connectivity index (χ2n) is 2.64. The van der Waals surface area contributed by atoms with Crippen molar-refractivity contribution in [3.05, 3.63) is 29.0 Å². The summed E-state index contributed by atoms with van der Waals surface area (Å²) in [5.74, 6) is -0.500. The Morgan fingerprint density at radius 2 is 2.36 bits per heavy atom. The van der Waals surface area contributed by atoms with Crippen LogP contribution >= 0.6 is 11.6 Å². The van der Waals surface area contributed by atoms with E-state index in [1.54, 1.807) is 6.07 Å². The maximum absolute atomic E-state index is 13.1. The van der Waals surface area contributed by atoms with Crippen molar-refractivity contribution in [1.82, 2.24) is 0 Å². The zero-order valence-corrected chi connectivity index (χ0v) is 8.05. The molecule has 0 unspecified atom stereocenters. The van der Waals surface area contributed by atoms with Gasteiger partial charge in [-0.05, 0) is 18.2 Å². The minimum atomic E-state index is -0.489. The van der Waals surface area contributed by atoms with Gasteiger partial charge >= 0.3 is 0 Å². The predicted octanol–water partition coefficient (Wildman–Crippen LogP) is 2.51. The SMILES string of the molecule is N=C(N)CC=Nc1ccc(Cl)cc1F. The third-order valence-corrected chi connectivity index (χ3v) is 1.69. The van der Waals surface area contributed by atoms with Gasteiger partial charge < -0.3 is 5.73 Å². The molecule has 3 nitrogen and oxygen atoms in total. The summed E-state index contributed by atoms with van der Waals surface area (Å²) in [5, 5.41) is 7.25. The zero-order valence-electron chi connectivity index (χ0n) is 7.30. The molecule has 0 amide bonds. The van der Waals surface area contributed by atoms with Crippen LogP contribution in [0.25, 0.3) is 0 Å². The number of nitrogens with two attached hydrogens (primary N) is 1. The number of nitrogens with zero attached hydrogens (tertiary/aromatic N) is 1. The third kappa shape index (κ3) is 3.14. The molecule has 0 spiro atoms. The van der Waals surface area contributed by atoms with Crippen LogP contribution in [0.2, 0.25) is 5.02 Å². The number of hydrogen-bond donors (Lipinski definition) is 2. The number of hydrogen-bond acceptors (Lipinski definition) is 2. The van der Waals surface area contributed by atoms with Gasteiger partial charge in [0, 0.05) is 17.7 Å². The average molecular weight is 214 g/mol. The van der Waals surface area contributed by atoms with E-state index < -0.39 is 5.82 Å². The molecule has 0 atom stereocenters. The lowest BCUT2D eigenvalue weighted by molar-refractivity contribution is 0.630. The maximum Gasteiger partial charge on any atom is 0.150 e. The van der Waals surface area contributed by atoms with E-state index in [0.29, 0.717) is 5.02 Å². The molecule has 0 aliphatic heterocycles. The highest BCUT2D eigenvalue weighted by atomic mass is 35.5. The zero-order chi connectivity index (χ0) is 10.6. The van der Waals surface area contributed by atoms with Gasteiger partial charge in [0.15, 0.2) is 0 Å². The summed E-state index contributed by atoms with van der Waals surface area (Å²) in [7, 11) is 0. The summed E-state index contributed by atoms with van der Waals surface area (Å²) < 4.78 is 13.1. The van der Waals surface area contributed by atoms with Crippen molar-refractivity contribution < 1.29 is 4.39 Å². The van der Waals surface area contributed by atoms with E-state index in [4.69, 9.17) is 22.7 Å². The lowest BCUT2D eigenvalue weighted by Gasteiger charge is -1.96. The van der Waals surface area contributed by atoms with Gasteiger partial charge in [-0.25, -0.2) is 4.39 Å². The number of amidine groups is 1. The molecule has 74 valence electrons. The van der Waals surface area contributed by atoms with E-state index in [0.717, 1.165) is 0 Å². The molecule has 5 heteroatoms. The van der Waals surface area contributed by atoms with E-state index in [1.165, 1.54) is 18.3 Å². The second kappa shape index (κ2) is 4.72. The normalized spacial score (nSPS) is 10.7. The standard InChI is InChI=1S/C9H9ClFN3/c10-6-1-2-8(7(11)5-6)14-4-3-9(12)13/h1-2,4-5H,3H2,(H3,12,13). The molecule has 0 heterocycles. The minimum Gasteiger partial charge on any atom is -0.387 e. The Hall–Kier alpha value is -1.42. The number of halogens is 2. The van der Waals surface area contributed by atoms with Crippen LogP contribution in [0.1, 0.15) is 6.42 Å². The summed E-state index contributed by atoms with van der Waals surface area (Å²) >= 11 is 5.56. The molecule has 0 bridgehead atoms. The van der Waals surface area contributed by atoms with Crippen LogP contribution in [-0.4, -0.2) is 12.1 Å². The summed E-state index contributed by atoms with van der Waals surface area (Å²) in [6, 6.07) is 4.20. The van der Waals surface area contributed by atoms with E-state index in [9.17, 15) is 4.39 Å². The molecule has 0 fully saturated rings. The average Bonchev–Trinajstić information content (AvgIpc) is 2.08. The molecule has 14 heavy (non-hydrogen) atoms. The van der Waals surface area contributed by atoms with E-state index in [1.807, 2.05) is 0 Å². The quantitative estimate of drug-likeness (QED) is 0.588. The lowest BCUT2D eigenvalue weighted by atomic mass is 10.3. The van der Waals surface area contributed by atoms with Crippen LogP contribution in [0.15, 0.2) is 23.2 Å². The molecule has 1 aromatic rings. The van der Waals surface area contributed by atoms with Gasteiger partial charge in [-0.15, -0.1) is 0 Å². The molecule has 1 aromatic carbocycles. The Bertz CT molecular complexity index is 376. The smallest absolute Gasteiger partial charge is 0.150 e. The topological polar surface area (TPSA) is 62.2 Å². The Kier molecular flexibility index (Phi) is 3.59. The summed E-state index contributed by atoms with van der Waals surface area (Å²) in [4.78, 5) is 3.81. The van der Waals surface area contributed by atoms with Crippen molar-refractivity contribution >= 4 is 29.3 Å². The van der Waals surface area contributed by atoms with Crippen LogP contribution in [0.5, 0.6) is 0 Å². The minimum absolute atomic E-state index is 0.0110. The highest BCUT2D eigenvalue weighted by Gasteiger charge is 1.99. The van der Waals surface area contributed by atoms with E-state index >= 15 is 0 Å². The first-order valence-corrected chi connectivity index (χ1v) is 4.28. The molecular formula is C9H9ClFN3. The number of benzene rings is 1. The van der Waals surface area contributed by atoms with Gasteiger partial charge in [-0.1, -0.05) is 11.6 Å². The number of nitrogens with one attached hydrogen (secondary N) is 1. The summed E-state index contributed by atoms with van der Waals surface area (Å²) in [5.41, 5.74) is 5.29. The molecule has 1 rings (SSSR count). The fourth-order valence-electron chi connectivity index (χ4n) is 0.828. The molecular weight excluding hydrogens is 205 g/mol. The fourth-order valence-corrected chi connectivity index (χ4v) is 0.987. The third-order valence-electron chi connectivity index (χ3n) is 1.45. The van der Waals surface area contributed by atoms with Gasteiger partial charge in [0.2, 0.25) is 0 Å². The van der Waals surface area contributed by atoms with Crippen LogP contribution in [0, 0.1) is 11.2 Å². The Morgan fingerprint density at radius 3 is 2.93 bits per heavy atom. The summed E-state index contributed by atoms with van der Waals surface area (Å²) in [6.07, 6.45) is 1.59. The Labute approximate surface area is 85.9 Å². The Balaban J connectivity index is 2.76. The van der Waals surface area contributed by atoms with Crippen LogP contribution in [0.4, 0.5) is 10.1 Å². The molecule has 3 N–H and O–H groups in total.